The SMILES string of the molecule is CN1CCC(Nc2ccc(I)cc2[N+](=O)[O-])C1. The van der Waals surface area contributed by atoms with E-state index in [0.717, 1.165) is 23.1 Å². The van der Waals surface area contributed by atoms with Crippen LogP contribution in [0.3, 0.4) is 0 Å². The predicted molar refractivity (Wildman–Crippen MR) is 75.3 cm³/mol. The first-order valence-electron chi connectivity index (χ1n) is 5.45. The van der Waals surface area contributed by atoms with Gasteiger partial charge in [-0.2, -0.15) is 0 Å². The molecule has 0 saturated carbocycles. The van der Waals surface area contributed by atoms with Gasteiger partial charge < -0.3 is 10.2 Å². The molecule has 1 saturated heterocycles. The zero-order valence-corrected chi connectivity index (χ0v) is 11.7. The molecule has 0 bridgehead atoms. The van der Waals surface area contributed by atoms with Gasteiger partial charge in [0.2, 0.25) is 0 Å². The summed E-state index contributed by atoms with van der Waals surface area (Å²) in [6.07, 6.45) is 1.03. The number of nitro benzene ring substituents is 1. The smallest absolute Gasteiger partial charge is 0.293 e. The van der Waals surface area contributed by atoms with E-state index in [1.54, 1.807) is 12.1 Å². The quantitative estimate of drug-likeness (QED) is 0.518. The summed E-state index contributed by atoms with van der Waals surface area (Å²) in [5.41, 5.74) is 0.780. The molecule has 1 aliphatic heterocycles. The molecule has 2 rings (SSSR count). The van der Waals surface area contributed by atoms with Gasteiger partial charge in [-0.3, -0.25) is 10.1 Å². The van der Waals surface area contributed by atoms with Gasteiger partial charge in [-0.1, -0.05) is 0 Å². The van der Waals surface area contributed by atoms with Crippen LogP contribution in [0.2, 0.25) is 0 Å². The number of halogens is 1. The third-order valence-electron chi connectivity index (χ3n) is 2.91. The lowest BCUT2D eigenvalue weighted by atomic mass is 10.2. The van der Waals surface area contributed by atoms with Crippen LogP contribution in [0.5, 0.6) is 0 Å². The molecular formula is C11H14IN3O2. The molecule has 0 aliphatic carbocycles. The van der Waals surface area contributed by atoms with Crippen molar-refractivity contribution < 1.29 is 4.92 Å². The molecule has 1 atom stereocenters. The van der Waals surface area contributed by atoms with Gasteiger partial charge in [0, 0.05) is 22.2 Å². The molecule has 0 amide bonds. The van der Waals surface area contributed by atoms with Gasteiger partial charge in [-0.15, -0.1) is 0 Å². The van der Waals surface area contributed by atoms with Crippen LogP contribution in [0.4, 0.5) is 11.4 Å². The van der Waals surface area contributed by atoms with E-state index in [2.05, 4.69) is 39.9 Å². The number of nitrogens with one attached hydrogen (secondary N) is 1. The lowest BCUT2D eigenvalue weighted by Crippen LogP contribution is -2.23. The largest absolute Gasteiger partial charge is 0.375 e. The summed E-state index contributed by atoms with van der Waals surface area (Å²) < 4.78 is 0.878. The fourth-order valence-electron chi connectivity index (χ4n) is 2.05. The van der Waals surface area contributed by atoms with Crippen molar-refractivity contribution >= 4 is 34.0 Å². The maximum Gasteiger partial charge on any atom is 0.293 e. The van der Waals surface area contributed by atoms with Crippen LogP contribution in [0, 0.1) is 13.7 Å². The number of anilines is 1. The van der Waals surface area contributed by atoms with Crippen molar-refractivity contribution in [2.75, 3.05) is 25.5 Å². The Morgan fingerprint density at radius 3 is 2.94 bits per heavy atom. The summed E-state index contributed by atoms with van der Waals surface area (Å²) in [6.45, 7) is 1.97. The highest BCUT2D eigenvalue weighted by Crippen LogP contribution is 2.28. The fraction of sp³-hybridized carbons (Fsp3) is 0.455. The molecule has 0 aromatic heterocycles. The summed E-state index contributed by atoms with van der Waals surface area (Å²) in [7, 11) is 2.06. The molecule has 1 unspecified atom stereocenters. The molecule has 6 heteroatoms. The standard InChI is InChI=1S/C11H14IN3O2/c1-14-5-4-9(7-14)13-10-3-2-8(12)6-11(10)15(16)17/h2-3,6,9,13H,4-5,7H2,1H3. The highest BCUT2D eigenvalue weighted by Gasteiger charge is 2.22. The summed E-state index contributed by atoms with van der Waals surface area (Å²) >= 11 is 2.08. The van der Waals surface area contributed by atoms with Crippen molar-refractivity contribution in [2.45, 2.75) is 12.5 Å². The van der Waals surface area contributed by atoms with E-state index >= 15 is 0 Å². The summed E-state index contributed by atoms with van der Waals surface area (Å²) in [6, 6.07) is 5.58. The Balaban J connectivity index is 2.17. The second-order valence-electron chi connectivity index (χ2n) is 4.31. The minimum atomic E-state index is -0.330. The van der Waals surface area contributed by atoms with Crippen molar-refractivity contribution in [2.24, 2.45) is 0 Å². The number of likely N-dealkylation sites (N-methyl/N-ethyl adjacent to an activating group) is 1. The van der Waals surface area contributed by atoms with Crippen LogP contribution >= 0.6 is 22.6 Å². The Labute approximate surface area is 113 Å². The van der Waals surface area contributed by atoms with Crippen LogP contribution < -0.4 is 5.32 Å². The van der Waals surface area contributed by atoms with Crippen LogP contribution in [0.25, 0.3) is 0 Å². The number of rotatable bonds is 3. The second-order valence-corrected chi connectivity index (χ2v) is 5.56. The predicted octanol–water partition coefficient (Wildman–Crippen LogP) is 2.32. The van der Waals surface area contributed by atoms with Gasteiger partial charge >= 0.3 is 0 Å². The van der Waals surface area contributed by atoms with Crippen molar-refractivity contribution in [3.63, 3.8) is 0 Å². The molecule has 5 nitrogen and oxygen atoms in total. The van der Waals surface area contributed by atoms with Crippen molar-refractivity contribution in [3.05, 3.63) is 31.9 Å². The Morgan fingerprint density at radius 1 is 1.59 bits per heavy atom. The zero-order chi connectivity index (χ0) is 12.4. The average molecular weight is 347 g/mol. The van der Waals surface area contributed by atoms with Gasteiger partial charge in [0.05, 0.1) is 4.92 Å². The molecular weight excluding hydrogens is 333 g/mol. The molecule has 92 valence electrons. The van der Waals surface area contributed by atoms with Gasteiger partial charge in [0.1, 0.15) is 5.69 Å². The second kappa shape index (κ2) is 5.18. The normalized spacial score (nSPS) is 20.5. The summed E-state index contributed by atoms with van der Waals surface area (Å²) in [5.74, 6) is 0. The van der Waals surface area contributed by atoms with Gasteiger partial charge in [-0.05, 0) is 54.7 Å². The molecule has 0 spiro atoms. The summed E-state index contributed by atoms with van der Waals surface area (Å²) in [4.78, 5) is 12.9. The lowest BCUT2D eigenvalue weighted by Gasteiger charge is -2.14. The topological polar surface area (TPSA) is 58.4 Å². The number of hydrogen-bond acceptors (Lipinski definition) is 4. The van der Waals surface area contributed by atoms with E-state index in [1.165, 1.54) is 0 Å². The minimum Gasteiger partial charge on any atom is -0.375 e. The third kappa shape index (κ3) is 3.06. The first kappa shape index (κ1) is 12.6. The number of nitro groups is 1. The Bertz CT molecular complexity index is 439. The van der Waals surface area contributed by atoms with Crippen LogP contribution in [-0.4, -0.2) is 36.0 Å². The average Bonchev–Trinajstić information content (AvgIpc) is 2.66. The van der Waals surface area contributed by atoms with Crippen LogP contribution in [0.1, 0.15) is 6.42 Å². The van der Waals surface area contributed by atoms with Gasteiger partial charge in [0.25, 0.3) is 5.69 Å². The maximum atomic E-state index is 11.0. The molecule has 1 fully saturated rings. The van der Waals surface area contributed by atoms with Crippen molar-refractivity contribution in [3.8, 4) is 0 Å². The molecule has 0 radical (unpaired) electrons. The zero-order valence-electron chi connectivity index (χ0n) is 9.52. The van der Waals surface area contributed by atoms with Gasteiger partial charge in [-0.25, -0.2) is 0 Å². The number of benzene rings is 1. The van der Waals surface area contributed by atoms with E-state index < -0.39 is 0 Å². The molecule has 17 heavy (non-hydrogen) atoms. The Hall–Kier alpha value is -0.890. The number of nitrogens with zero attached hydrogens (tertiary/aromatic N) is 2. The minimum absolute atomic E-state index is 0.159. The van der Waals surface area contributed by atoms with E-state index in [0.29, 0.717) is 11.7 Å². The Kier molecular flexibility index (Phi) is 3.82. The van der Waals surface area contributed by atoms with E-state index in [-0.39, 0.29) is 10.6 Å². The number of hydrogen-bond donors (Lipinski definition) is 1. The van der Waals surface area contributed by atoms with Crippen LogP contribution in [0.15, 0.2) is 18.2 Å². The number of likely N-dealkylation sites (tertiary alicyclic amines) is 1. The monoisotopic (exact) mass is 347 g/mol. The van der Waals surface area contributed by atoms with E-state index in [1.807, 2.05) is 6.07 Å². The molecule has 1 aliphatic rings. The van der Waals surface area contributed by atoms with Gasteiger partial charge in [0.15, 0.2) is 0 Å². The van der Waals surface area contributed by atoms with Crippen molar-refractivity contribution in [1.29, 1.82) is 0 Å². The molecule has 1 N–H and O–H groups in total. The lowest BCUT2D eigenvalue weighted by molar-refractivity contribution is -0.384. The highest BCUT2D eigenvalue weighted by atomic mass is 127. The molecule has 1 aromatic carbocycles. The van der Waals surface area contributed by atoms with Crippen LogP contribution in [-0.2, 0) is 0 Å². The van der Waals surface area contributed by atoms with Crippen molar-refractivity contribution in [1.82, 2.24) is 4.90 Å². The van der Waals surface area contributed by atoms with E-state index in [4.69, 9.17) is 0 Å². The highest BCUT2D eigenvalue weighted by molar-refractivity contribution is 14.1. The molecule has 1 heterocycles. The van der Waals surface area contributed by atoms with E-state index in [9.17, 15) is 10.1 Å². The first-order chi connectivity index (χ1) is 8.06. The summed E-state index contributed by atoms with van der Waals surface area (Å²) in [5, 5.41) is 14.2. The Morgan fingerprint density at radius 2 is 2.35 bits per heavy atom. The third-order valence-corrected chi connectivity index (χ3v) is 3.58. The fourth-order valence-corrected chi connectivity index (χ4v) is 2.53. The maximum absolute atomic E-state index is 11.0. The molecule has 1 aromatic rings. The first-order valence-corrected chi connectivity index (χ1v) is 6.53.